The van der Waals surface area contributed by atoms with Gasteiger partial charge in [0.25, 0.3) is 0 Å². The number of nitrogens with one attached hydrogen (secondary N) is 2. The standard InChI is InChI=1S/C23H29BrFN3O3/c24-17-4-1-14(13-27-17)28-20(31)23(8-5-21(25)9-11-26-12-10-21)16-3-2-15(18(23)19(29)30)22(16)6-7-22/h1,4,13,15-16,18,26H,2-3,5-12H2,(H,28,31)(H,29,30)/t15-,16+,18+,23-/m1/s1. The third-order valence-electron chi connectivity index (χ3n) is 8.77. The quantitative estimate of drug-likeness (QED) is 0.517. The highest BCUT2D eigenvalue weighted by Gasteiger charge is 2.78. The van der Waals surface area contributed by atoms with E-state index >= 15 is 4.39 Å². The molecular weight excluding hydrogens is 465 g/mol. The number of rotatable bonds is 6. The summed E-state index contributed by atoms with van der Waals surface area (Å²) in [5, 5.41) is 16.4. The van der Waals surface area contributed by atoms with E-state index in [1.54, 1.807) is 18.3 Å². The molecule has 1 aromatic heterocycles. The molecular formula is C23H29BrFN3O3. The monoisotopic (exact) mass is 493 g/mol. The Morgan fingerprint density at radius 3 is 2.55 bits per heavy atom. The van der Waals surface area contributed by atoms with Crippen molar-refractivity contribution in [3.63, 3.8) is 0 Å². The molecule has 0 radical (unpaired) electrons. The summed E-state index contributed by atoms with van der Waals surface area (Å²) in [7, 11) is 0. The largest absolute Gasteiger partial charge is 0.481 e. The van der Waals surface area contributed by atoms with Crippen molar-refractivity contribution < 1.29 is 19.1 Å². The molecule has 1 amide bonds. The molecule has 0 aromatic carbocycles. The van der Waals surface area contributed by atoms with Crippen LogP contribution in [-0.2, 0) is 9.59 Å². The number of amides is 1. The summed E-state index contributed by atoms with van der Waals surface area (Å²) in [5.74, 6) is -1.88. The number of aromatic nitrogens is 1. The minimum Gasteiger partial charge on any atom is -0.481 e. The molecule has 3 saturated carbocycles. The third kappa shape index (κ3) is 3.32. The van der Waals surface area contributed by atoms with Gasteiger partial charge in [0, 0.05) is 0 Å². The molecule has 8 heteroatoms. The van der Waals surface area contributed by atoms with Crippen molar-refractivity contribution in [1.29, 1.82) is 0 Å². The van der Waals surface area contributed by atoms with Crippen LogP contribution in [0.15, 0.2) is 22.9 Å². The number of alkyl halides is 1. The minimum absolute atomic E-state index is 0.0137. The zero-order valence-electron chi connectivity index (χ0n) is 17.5. The number of pyridine rings is 1. The minimum atomic E-state index is -1.33. The predicted molar refractivity (Wildman–Crippen MR) is 117 cm³/mol. The first-order valence-corrected chi connectivity index (χ1v) is 12.2. The first-order chi connectivity index (χ1) is 14.8. The molecule has 4 aliphatic rings. The fourth-order valence-electron chi connectivity index (χ4n) is 7.28. The highest BCUT2D eigenvalue weighted by atomic mass is 79.9. The van der Waals surface area contributed by atoms with E-state index in [0.29, 0.717) is 42.6 Å². The molecule has 0 unspecified atom stereocenters. The second-order valence-electron chi connectivity index (χ2n) is 10.1. The second kappa shape index (κ2) is 7.51. The van der Waals surface area contributed by atoms with Gasteiger partial charge in [-0.15, -0.1) is 0 Å². The molecule has 5 rings (SSSR count). The number of halogens is 2. The number of carbonyl (C=O) groups is 2. The Morgan fingerprint density at radius 1 is 1.19 bits per heavy atom. The zero-order valence-corrected chi connectivity index (χ0v) is 19.1. The van der Waals surface area contributed by atoms with Gasteiger partial charge in [-0.1, -0.05) is 0 Å². The lowest BCUT2D eigenvalue weighted by molar-refractivity contribution is -0.156. The van der Waals surface area contributed by atoms with E-state index in [1.807, 2.05) is 0 Å². The Bertz CT molecular complexity index is 885. The van der Waals surface area contributed by atoms with E-state index in [0.717, 1.165) is 25.7 Å². The van der Waals surface area contributed by atoms with Crippen molar-refractivity contribution in [2.45, 2.75) is 57.0 Å². The normalized spacial score (nSPS) is 34.6. The van der Waals surface area contributed by atoms with Crippen LogP contribution >= 0.6 is 15.9 Å². The van der Waals surface area contributed by atoms with E-state index in [2.05, 4.69) is 31.5 Å². The molecule has 3 aliphatic carbocycles. The summed E-state index contributed by atoms with van der Waals surface area (Å²) in [6, 6.07) is 3.49. The smallest absolute Gasteiger partial charge is 0.307 e. The average molecular weight is 494 g/mol. The Hall–Kier alpha value is -1.54. The fraction of sp³-hybridized carbons (Fsp3) is 0.696. The molecule has 1 aliphatic heterocycles. The molecule has 1 saturated heterocycles. The molecule has 3 N–H and O–H groups in total. The Labute approximate surface area is 189 Å². The summed E-state index contributed by atoms with van der Waals surface area (Å²) < 4.78 is 16.2. The zero-order chi connectivity index (χ0) is 21.9. The Kier molecular flexibility index (Phi) is 5.16. The van der Waals surface area contributed by atoms with Gasteiger partial charge in [0.1, 0.15) is 10.3 Å². The fourth-order valence-corrected chi connectivity index (χ4v) is 7.51. The Morgan fingerprint density at radius 2 is 1.94 bits per heavy atom. The maximum absolute atomic E-state index is 15.6. The van der Waals surface area contributed by atoms with Crippen molar-refractivity contribution in [2.24, 2.45) is 28.6 Å². The molecule has 2 heterocycles. The molecule has 31 heavy (non-hydrogen) atoms. The van der Waals surface area contributed by atoms with Crippen LogP contribution in [0, 0.1) is 28.6 Å². The van der Waals surface area contributed by atoms with E-state index in [-0.39, 0.29) is 29.6 Å². The van der Waals surface area contributed by atoms with Crippen LogP contribution < -0.4 is 10.6 Å². The highest BCUT2D eigenvalue weighted by molar-refractivity contribution is 9.10. The van der Waals surface area contributed by atoms with Crippen molar-refractivity contribution in [1.82, 2.24) is 10.3 Å². The van der Waals surface area contributed by atoms with Gasteiger partial charge in [0.05, 0.1) is 23.2 Å². The lowest BCUT2D eigenvalue weighted by Crippen LogP contribution is -2.51. The van der Waals surface area contributed by atoms with Crippen molar-refractivity contribution >= 4 is 33.5 Å². The summed E-state index contributed by atoms with van der Waals surface area (Å²) >= 11 is 3.29. The summed E-state index contributed by atoms with van der Waals surface area (Å²) in [6.07, 6.45) is 6.63. The van der Waals surface area contributed by atoms with Crippen LogP contribution in [0.2, 0.25) is 0 Å². The van der Waals surface area contributed by atoms with Crippen molar-refractivity contribution in [3.05, 3.63) is 22.9 Å². The first kappa shape index (κ1) is 21.3. The number of anilines is 1. The topological polar surface area (TPSA) is 91.3 Å². The molecule has 4 atom stereocenters. The highest BCUT2D eigenvalue weighted by Crippen LogP contribution is 2.79. The van der Waals surface area contributed by atoms with Gasteiger partial charge < -0.3 is 15.7 Å². The second-order valence-corrected chi connectivity index (χ2v) is 10.9. The SMILES string of the molecule is O=C(O)[C@@H]1[C@H]2CC[C@@H](C23CC3)[C@@]1(CCC1(F)CCNCC1)C(=O)Nc1ccc(Br)nc1. The molecule has 2 bridgehead atoms. The van der Waals surface area contributed by atoms with Crippen LogP contribution in [0.25, 0.3) is 0 Å². The van der Waals surface area contributed by atoms with Gasteiger partial charge in [-0.05, 0) is 110 Å². The number of carbonyl (C=O) groups excluding carboxylic acids is 1. The average Bonchev–Trinajstić information content (AvgIpc) is 3.41. The third-order valence-corrected chi connectivity index (χ3v) is 9.23. The van der Waals surface area contributed by atoms with Crippen molar-refractivity contribution in [2.75, 3.05) is 18.4 Å². The molecule has 1 spiro atoms. The van der Waals surface area contributed by atoms with Crippen LogP contribution in [0.3, 0.4) is 0 Å². The summed E-state index contributed by atoms with van der Waals surface area (Å²) in [4.78, 5) is 30.6. The maximum Gasteiger partial charge on any atom is 0.307 e. The molecule has 168 valence electrons. The van der Waals surface area contributed by atoms with Gasteiger partial charge in [-0.25, -0.2) is 9.37 Å². The predicted octanol–water partition coefficient (Wildman–Crippen LogP) is 4.16. The van der Waals surface area contributed by atoms with Crippen LogP contribution in [0.5, 0.6) is 0 Å². The van der Waals surface area contributed by atoms with Crippen molar-refractivity contribution in [3.8, 4) is 0 Å². The number of piperidine rings is 1. The number of carboxylic acids is 1. The van der Waals surface area contributed by atoms with Crippen LogP contribution in [0.1, 0.15) is 51.4 Å². The van der Waals surface area contributed by atoms with Crippen LogP contribution in [-0.4, -0.2) is 40.7 Å². The van der Waals surface area contributed by atoms with Gasteiger partial charge in [-0.2, -0.15) is 0 Å². The molecule has 6 nitrogen and oxygen atoms in total. The lowest BCUT2D eigenvalue weighted by Gasteiger charge is -2.43. The molecule has 1 aromatic rings. The van der Waals surface area contributed by atoms with Gasteiger partial charge in [-0.3, -0.25) is 9.59 Å². The maximum atomic E-state index is 15.6. The summed E-state index contributed by atoms with van der Waals surface area (Å²) in [5.41, 5.74) is -1.89. The van der Waals surface area contributed by atoms with E-state index in [9.17, 15) is 14.7 Å². The number of hydrogen-bond donors (Lipinski definition) is 3. The number of nitrogens with zero attached hydrogens (tertiary/aromatic N) is 1. The Balaban J connectivity index is 1.50. The lowest BCUT2D eigenvalue weighted by atomic mass is 9.61. The molecule has 4 fully saturated rings. The van der Waals surface area contributed by atoms with E-state index < -0.39 is 23.0 Å². The van der Waals surface area contributed by atoms with Gasteiger partial charge >= 0.3 is 5.97 Å². The van der Waals surface area contributed by atoms with Gasteiger partial charge in [0.15, 0.2) is 0 Å². The first-order valence-electron chi connectivity index (χ1n) is 11.4. The van der Waals surface area contributed by atoms with Gasteiger partial charge in [0.2, 0.25) is 5.91 Å². The number of carboxylic acid groups (broad SMARTS) is 1. The van der Waals surface area contributed by atoms with Crippen LogP contribution in [0.4, 0.5) is 10.1 Å². The van der Waals surface area contributed by atoms with E-state index in [4.69, 9.17) is 0 Å². The number of aliphatic carboxylic acids is 1. The van der Waals surface area contributed by atoms with E-state index in [1.165, 1.54) is 0 Å². The number of hydrogen-bond acceptors (Lipinski definition) is 4. The summed E-state index contributed by atoms with van der Waals surface area (Å²) in [6.45, 7) is 1.25.